The average molecular weight is 126 g/mol. The van der Waals surface area contributed by atoms with Gasteiger partial charge in [-0.15, -0.1) is 5.11 Å². The van der Waals surface area contributed by atoms with Gasteiger partial charge >= 0.3 is 6.03 Å². The molecule has 1 aliphatic rings. The molecule has 0 saturated carbocycles. The lowest BCUT2D eigenvalue weighted by Gasteiger charge is -2.10. The van der Waals surface area contributed by atoms with Gasteiger partial charge in [0, 0.05) is 6.20 Å². The van der Waals surface area contributed by atoms with E-state index in [1.165, 1.54) is 6.20 Å². The summed E-state index contributed by atoms with van der Waals surface area (Å²) >= 11 is 0. The maximum Gasteiger partial charge on any atom is 0.336 e. The summed E-state index contributed by atoms with van der Waals surface area (Å²) in [6, 6.07) is -0.580. The van der Waals surface area contributed by atoms with Crippen LogP contribution in [0.4, 0.5) is 4.79 Å². The highest BCUT2D eigenvalue weighted by atomic mass is 16.2. The van der Waals surface area contributed by atoms with Crippen molar-refractivity contribution < 1.29 is 4.79 Å². The van der Waals surface area contributed by atoms with Crippen LogP contribution in [0.3, 0.4) is 0 Å². The number of rotatable bonds is 0. The van der Waals surface area contributed by atoms with Gasteiger partial charge in [-0.3, -0.25) is 0 Å². The Hall–Kier alpha value is -1.39. The molecule has 1 heterocycles. The van der Waals surface area contributed by atoms with Crippen molar-refractivity contribution in [1.29, 1.82) is 0 Å². The lowest BCUT2D eigenvalue weighted by atomic mass is 10.6. The molecule has 0 bridgehead atoms. The van der Waals surface area contributed by atoms with Gasteiger partial charge in [0.2, 0.25) is 0 Å². The van der Waals surface area contributed by atoms with Crippen molar-refractivity contribution in [3.8, 4) is 0 Å². The second-order valence-electron chi connectivity index (χ2n) is 1.51. The van der Waals surface area contributed by atoms with E-state index in [0.29, 0.717) is 6.54 Å². The van der Waals surface area contributed by atoms with Crippen molar-refractivity contribution in [2.45, 2.75) is 0 Å². The van der Waals surface area contributed by atoms with E-state index in [2.05, 4.69) is 10.3 Å². The minimum Gasteiger partial charge on any atom is -0.350 e. The zero-order valence-electron chi connectivity index (χ0n) is 4.69. The lowest BCUT2D eigenvalue weighted by molar-refractivity contribution is 0.210. The van der Waals surface area contributed by atoms with Crippen LogP contribution in [0.2, 0.25) is 0 Å². The molecule has 0 unspecified atom stereocenters. The summed E-state index contributed by atoms with van der Waals surface area (Å²) in [6.45, 7) is 0.416. The number of carbonyl (C=O) groups excluding carboxylic acids is 1. The van der Waals surface area contributed by atoms with E-state index < -0.39 is 6.03 Å². The Morgan fingerprint density at radius 1 is 1.78 bits per heavy atom. The van der Waals surface area contributed by atoms with Crippen LogP contribution in [0, 0.1) is 0 Å². The van der Waals surface area contributed by atoms with Crippen molar-refractivity contribution in [1.82, 2.24) is 5.01 Å². The van der Waals surface area contributed by atoms with Gasteiger partial charge in [0.25, 0.3) is 0 Å². The molecular weight excluding hydrogens is 120 g/mol. The fourth-order valence-corrected chi connectivity index (χ4v) is 0.457. The first-order valence-corrected chi connectivity index (χ1v) is 2.43. The topological polar surface area (TPSA) is 71.1 Å². The van der Waals surface area contributed by atoms with Gasteiger partial charge in [-0.2, -0.15) is 5.01 Å². The zero-order chi connectivity index (χ0) is 6.69. The van der Waals surface area contributed by atoms with E-state index in [1.807, 2.05) is 0 Å². The molecule has 0 atom stereocenters. The molecule has 0 saturated heterocycles. The third-order valence-electron chi connectivity index (χ3n) is 0.864. The van der Waals surface area contributed by atoms with E-state index in [0.717, 1.165) is 5.01 Å². The van der Waals surface area contributed by atoms with Gasteiger partial charge in [-0.05, 0) is 6.08 Å². The molecule has 5 nitrogen and oxygen atoms in total. The maximum atomic E-state index is 10.3. The Balaban J connectivity index is 2.56. The smallest absolute Gasteiger partial charge is 0.336 e. The molecule has 0 aromatic heterocycles. The predicted octanol–water partition coefficient (Wildman–Crippen LogP) is 0.262. The summed E-state index contributed by atoms with van der Waals surface area (Å²) < 4.78 is 0. The molecule has 2 amide bonds. The molecule has 0 fully saturated rings. The molecule has 0 spiro atoms. The fraction of sp³-hybridized carbons (Fsp3) is 0.250. The number of hydrogen-bond acceptors (Lipinski definition) is 3. The van der Waals surface area contributed by atoms with Crippen LogP contribution >= 0.6 is 0 Å². The molecule has 0 aromatic carbocycles. The highest BCUT2D eigenvalue weighted by molar-refractivity contribution is 5.71. The molecule has 5 heteroatoms. The van der Waals surface area contributed by atoms with Crippen molar-refractivity contribution in [2.24, 2.45) is 16.1 Å². The Labute approximate surface area is 51.8 Å². The first kappa shape index (κ1) is 5.74. The minimum atomic E-state index is -0.580. The summed E-state index contributed by atoms with van der Waals surface area (Å²) in [7, 11) is 0. The Bertz CT molecular complexity index is 173. The van der Waals surface area contributed by atoms with Gasteiger partial charge in [0.15, 0.2) is 0 Å². The SMILES string of the molecule is NC(=O)N1CC=CN=N1. The largest absolute Gasteiger partial charge is 0.350 e. The highest BCUT2D eigenvalue weighted by Gasteiger charge is 2.06. The van der Waals surface area contributed by atoms with Crippen LogP contribution < -0.4 is 5.73 Å². The molecule has 0 aliphatic carbocycles. The molecule has 1 rings (SSSR count). The van der Waals surface area contributed by atoms with Crippen LogP contribution in [0.15, 0.2) is 22.6 Å². The normalized spacial score (nSPS) is 16.2. The quantitative estimate of drug-likeness (QED) is 0.496. The third kappa shape index (κ3) is 1.25. The van der Waals surface area contributed by atoms with Crippen molar-refractivity contribution in [3.63, 3.8) is 0 Å². The van der Waals surface area contributed by atoms with E-state index >= 15 is 0 Å². The zero-order valence-corrected chi connectivity index (χ0v) is 4.69. The molecule has 2 N–H and O–H groups in total. The first-order valence-electron chi connectivity index (χ1n) is 2.43. The summed E-state index contributed by atoms with van der Waals surface area (Å²) in [5.74, 6) is 0. The number of amides is 2. The standard InChI is InChI=1S/C4H6N4O/c5-4(9)8-3-1-2-6-7-8/h1-2H,3H2,(H2,5,9). The summed E-state index contributed by atoms with van der Waals surface area (Å²) in [4.78, 5) is 10.3. The van der Waals surface area contributed by atoms with Crippen LogP contribution in [-0.2, 0) is 0 Å². The molecule has 0 aromatic rings. The van der Waals surface area contributed by atoms with Crippen LogP contribution in [0.1, 0.15) is 0 Å². The molecule has 1 aliphatic heterocycles. The van der Waals surface area contributed by atoms with E-state index in [-0.39, 0.29) is 0 Å². The van der Waals surface area contributed by atoms with Gasteiger partial charge in [0.05, 0.1) is 6.54 Å². The van der Waals surface area contributed by atoms with Gasteiger partial charge < -0.3 is 5.73 Å². The fourth-order valence-electron chi connectivity index (χ4n) is 0.457. The summed E-state index contributed by atoms with van der Waals surface area (Å²) in [6.07, 6.45) is 3.21. The number of hydrogen-bond donors (Lipinski definition) is 1. The second kappa shape index (κ2) is 2.25. The van der Waals surface area contributed by atoms with Crippen LogP contribution in [0.5, 0.6) is 0 Å². The van der Waals surface area contributed by atoms with Crippen molar-refractivity contribution in [2.75, 3.05) is 6.54 Å². The monoisotopic (exact) mass is 126 g/mol. The minimum absolute atomic E-state index is 0.416. The third-order valence-corrected chi connectivity index (χ3v) is 0.864. The van der Waals surface area contributed by atoms with Gasteiger partial charge in [-0.1, -0.05) is 5.22 Å². The van der Waals surface area contributed by atoms with E-state index in [9.17, 15) is 4.79 Å². The van der Waals surface area contributed by atoms with E-state index in [4.69, 9.17) is 5.73 Å². The lowest BCUT2D eigenvalue weighted by Crippen LogP contribution is -2.31. The first-order chi connectivity index (χ1) is 4.30. The number of urea groups is 1. The number of primary amides is 1. The summed E-state index contributed by atoms with van der Waals surface area (Å²) in [5, 5.41) is 7.94. The van der Waals surface area contributed by atoms with Crippen molar-refractivity contribution in [3.05, 3.63) is 12.3 Å². The van der Waals surface area contributed by atoms with Gasteiger partial charge in [0.1, 0.15) is 0 Å². The number of carbonyl (C=O) groups is 1. The predicted molar refractivity (Wildman–Crippen MR) is 30.3 cm³/mol. The van der Waals surface area contributed by atoms with E-state index in [1.54, 1.807) is 6.08 Å². The maximum absolute atomic E-state index is 10.3. The molecule has 48 valence electrons. The average Bonchev–Trinajstić information content (AvgIpc) is 1.90. The Morgan fingerprint density at radius 3 is 2.89 bits per heavy atom. The number of nitrogens with two attached hydrogens (primary N) is 1. The van der Waals surface area contributed by atoms with Gasteiger partial charge in [-0.25, -0.2) is 4.79 Å². The highest BCUT2D eigenvalue weighted by Crippen LogP contribution is 1.96. The Kier molecular flexibility index (Phi) is 1.44. The number of nitrogens with zero attached hydrogens (tertiary/aromatic N) is 3. The Morgan fingerprint density at radius 2 is 2.56 bits per heavy atom. The van der Waals surface area contributed by atoms with Crippen LogP contribution in [-0.4, -0.2) is 17.6 Å². The van der Waals surface area contributed by atoms with Crippen molar-refractivity contribution >= 4 is 6.03 Å². The molecule has 9 heavy (non-hydrogen) atoms. The molecular formula is C4H6N4O. The van der Waals surface area contributed by atoms with Crippen LogP contribution in [0.25, 0.3) is 0 Å². The molecule has 0 radical (unpaired) electrons. The second-order valence-corrected chi connectivity index (χ2v) is 1.51. The summed E-state index contributed by atoms with van der Waals surface area (Å²) in [5.41, 5.74) is 4.87.